The molecule has 1 aromatic carbocycles. The van der Waals surface area contributed by atoms with Crippen molar-refractivity contribution < 1.29 is 19.4 Å². The van der Waals surface area contributed by atoms with E-state index < -0.39 is 17.6 Å². The van der Waals surface area contributed by atoms with Gasteiger partial charge in [0.15, 0.2) is 0 Å². The van der Waals surface area contributed by atoms with Gasteiger partial charge in [-0.05, 0) is 18.9 Å². The smallest absolute Gasteiger partial charge is 0.305 e. The minimum atomic E-state index is -0.963. The Morgan fingerprint density at radius 2 is 1.95 bits per heavy atom. The summed E-state index contributed by atoms with van der Waals surface area (Å²) >= 11 is 0. The van der Waals surface area contributed by atoms with Crippen LogP contribution in [0.4, 0.5) is 0 Å². The molecule has 0 aliphatic rings. The maximum atomic E-state index is 12.3. The number of carbonyl (C=O) groups is 2. The number of rotatable bonds is 7. The predicted molar refractivity (Wildman–Crippen MR) is 75.3 cm³/mol. The lowest BCUT2D eigenvalue weighted by Gasteiger charge is -2.28. The summed E-state index contributed by atoms with van der Waals surface area (Å²) in [6, 6.07) is 8.49. The molecule has 20 heavy (non-hydrogen) atoms. The highest BCUT2D eigenvalue weighted by Gasteiger charge is 2.33. The molecular formula is C15H21NO4. The number of carboxylic acids is 1. The highest BCUT2D eigenvalue weighted by molar-refractivity contribution is 5.85. The summed E-state index contributed by atoms with van der Waals surface area (Å²) in [4.78, 5) is 23.2. The lowest BCUT2D eigenvalue weighted by atomic mass is 9.99. The average molecular weight is 279 g/mol. The van der Waals surface area contributed by atoms with Gasteiger partial charge in [0.2, 0.25) is 0 Å². The number of methoxy groups -OCH3 is 1. The van der Waals surface area contributed by atoms with E-state index in [0.29, 0.717) is 6.42 Å². The normalized spacial score (nSPS) is 15.2. The van der Waals surface area contributed by atoms with Gasteiger partial charge in [0, 0.05) is 7.11 Å². The Labute approximate surface area is 118 Å². The van der Waals surface area contributed by atoms with Crippen molar-refractivity contribution in [1.29, 1.82) is 0 Å². The second-order valence-electron chi connectivity index (χ2n) is 4.82. The molecule has 0 aromatic heterocycles. The van der Waals surface area contributed by atoms with Crippen LogP contribution in [0.1, 0.15) is 38.3 Å². The van der Waals surface area contributed by atoms with Gasteiger partial charge in [-0.3, -0.25) is 9.59 Å². The number of aliphatic carboxylic acids is 1. The van der Waals surface area contributed by atoms with Crippen LogP contribution in [0.15, 0.2) is 30.3 Å². The van der Waals surface area contributed by atoms with Crippen LogP contribution in [0.25, 0.3) is 0 Å². The summed E-state index contributed by atoms with van der Waals surface area (Å²) in [6.07, 6.45) is 0.336. The molecule has 0 saturated carbocycles. The summed E-state index contributed by atoms with van der Waals surface area (Å²) in [6.45, 7) is 3.53. The van der Waals surface area contributed by atoms with Crippen LogP contribution in [-0.2, 0) is 14.3 Å². The molecule has 1 rings (SSSR count). The third-order valence-corrected chi connectivity index (χ3v) is 3.49. The first-order valence-corrected chi connectivity index (χ1v) is 6.55. The van der Waals surface area contributed by atoms with E-state index in [-0.39, 0.29) is 12.3 Å². The molecule has 2 N–H and O–H groups in total. The Morgan fingerprint density at radius 1 is 1.35 bits per heavy atom. The van der Waals surface area contributed by atoms with E-state index in [9.17, 15) is 9.59 Å². The van der Waals surface area contributed by atoms with Gasteiger partial charge in [-0.15, -0.1) is 0 Å². The van der Waals surface area contributed by atoms with Gasteiger partial charge < -0.3 is 15.2 Å². The minimum absolute atomic E-state index is 0.167. The van der Waals surface area contributed by atoms with Crippen LogP contribution in [0.3, 0.4) is 0 Å². The maximum absolute atomic E-state index is 12.3. The van der Waals surface area contributed by atoms with Crippen LogP contribution in [0, 0.1) is 0 Å². The first-order chi connectivity index (χ1) is 9.42. The van der Waals surface area contributed by atoms with Gasteiger partial charge in [0.05, 0.1) is 12.5 Å². The molecule has 0 heterocycles. The SMILES string of the molecule is CCC(C)(OC)C(=O)NC(CC(=O)O)c1ccccc1. The van der Waals surface area contributed by atoms with Gasteiger partial charge in [0.25, 0.3) is 5.91 Å². The standard InChI is InChI=1S/C15H21NO4/c1-4-15(2,20-3)14(19)16-12(10-13(17)18)11-8-6-5-7-9-11/h5-9,12H,4,10H2,1-3H3,(H,16,19)(H,17,18). The zero-order valence-corrected chi connectivity index (χ0v) is 12.1. The number of hydrogen-bond donors (Lipinski definition) is 2. The Hall–Kier alpha value is -1.88. The summed E-state index contributed by atoms with van der Waals surface area (Å²) < 4.78 is 5.23. The van der Waals surface area contributed by atoms with Gasteiger partial charge in [0.1, 0.15) is 5.60 Å². The molecule has 0 bridgehead atoms. The monoisotopic (exact) mass is 279 g/mol. The van der Waals surface area contributed by atoms with E-state index in [4.69, 9.17) is 9.84 Å². The number of ether oxygens (including phenoxy) is 1. The molecule has 110 valence electrons. The fourth-order valence-electron chi connectivity index (χ4n) is 1.82. The van der Waals surface area contributed by atoms with E-state index in [1.165, 1.54) is 7.11 Å². The molecule has 0 spiro atoms. The molecular weight excluding hydrogens is 258 g/mol. The fourth-order valence-corrected chi connectivity index (χ4v) is 1.82. The third-order valence-electron chi connectivity index (χ3n) is 3.49. The second-order valence-corrected chi connectivity index (χ2v) is 4.82. The van der Waals surface area contributed by atoms with Crippen LogP contribution >= 0.6 is 0 Å². The third kappa shape index (κ3) is 4.06. The van der Waals surface area contributed by atoms with Crippen molar-refractivity contribution in [1.82, 2.24) is 5.32 Å². The highest BCUT2D eigenvalue weighted by atomic mass is 16.5. The van der Waals surface area contributed by atoms with Crippen LogP contribution in [-0.4, -0.2) is 29.7 Å². The number of carbonyl (C=O) groups excluding carboxylic acids is 1. The molecule has 0 fully saturated rings. The zero-order chi connectivity index (χ0) is 15.2. The fraction of sp³-hybridized carbons (Fsp3) is 0.467. The predicted octanol–water partition coefficient (Wildman–Crippen LogP) is 2.13. The first kappa shape index (κ1) is 16.2. The molecule has 2 atom stereocenters. The van der Waals surface area contributed by atoms with E-state index in [0.717, 1.165) is 5.56 Å². The lowest BCUT2D eigenvalue weighted by Crippen LogP contribution is -2.47. The second kappa shape index (κ2) is 7.05. The molecule has 0 radical (unpaired) electrons. The van der Waals surface area contributed by atoms with E-state index in [2.05, 4.69) is 5.32 Å². The maximum Gasteiger partial charge on any atom is 0.305 e. The Balaban J connectivity index is 2.91. The van der Waals surface area contributed by atoms with Gasteiger partial charge >= 0.3 is 5.97 Å². The van der Waals surface area contributed by atoms with E-state index in [1.807, 2.05) is 25.1 Å². The lowest BCUT2D eigenvalue weighted by molar-refractivity contribution is -0.143. The number of benzene rings is 1. The molecule has 0 saturated heterocycles. The quantitative estimate of drug-likeness (QED) is 0.801. The van der Waals surface area contributed by atoms with Crippen LogP contribution in [0.5, 0.6) is 0 Å². The summed E-state index contributed by atoms with van der Waals surface area (Å²) in [7, 11) is 1.47. The molecule has 5 heteroatoms. The van der Waals surface area contributed by atoms with Crippen molar-refractivity contribution in [3.8, 4) is 0 Å². The number of amides is 1. The summed E-state index contributed by atoms with van der Waals surface area (Å²) in [5.74, 6) is -1.27. The van der Waals surface area contributed by atoms with Crippen LogP contribution < -0.4 is 5.32 Å². The Kier molecular flexibility index (Phi) is 5.70. The molecule has 1 aromatic rings. The van der Waals surface area contributed by atoms with Gasteiger partial charge in [-0.2, -0.15) is 0 Å². The highest BCUT2D eigenvalue weighted by Crippen LogP contribution is 2.20. The van der Waals surface area contributed by atoms with Crippen molar-refractivity contribution in [2.45, 2.75) is 38.3 Å². The van der Waals surface area contributed by atoms with Crippen molar-refractivity contribution in [3.05, 3.63) is 35.9 Å². The molecule has 1 amide bonds. The minimum Gasteiger partial charge on any atom is -0.481 e. The Morgan fingerprint density at radius 3 is 2.40 bits per heavy atom. The molecule has 5 nitrogen and oxygen atoms in total. The first-order valence-electron chi connectivity index (χ1n) is 6.55. The van der Waals surface area contributed by atoms with E-state index >= 15 is 0 Å². The summed E-state index contributed by atoms with van der Waals surface area (Å²) in [5.41, 5.74) is -0.191. The van der Waals surface area contributed by atoms with Gasteiger partial charge in [-0.1, -0.05) is 37.3 Å². The van der Waals surface area contributed by atoms with Crippen molar-refractivity contribution in [3.63, 3.8) is 0 Å². The topological polar surface area (TPSA) is 75.6 Å². The van der Waals surface area contributed by atoms with Crippen molar-refractivity contribution in [2.24, 2.45) is 0 Å². The largest absolute Gasteiger partial charge is 0.481 e. The van der Waals surface area contributed by atoms with Crippen molar-refractivity contribution >= 4 is 11.9 Å². The molecule has 0 aliphatic heterocycles. The van der Waals surface area contributed by atoms with Crippen LogP contribution in [0.2, 0.25) is 0 Å². The van der Waals surface area contributed by atoms with E-state index in [1.54, 1.807) is 19.1 Å². The average Bonchev–Trinajstić information content (AvgIpc) is 2.46. The number of hydrogen-bond acceptors (Lipinski definition) is 3. The number of nitrogens with one attached hydrogen (secondary N) is 1. The molecule has 2 unspecified atom stereocenters. The summed E-state index contributed by atoms with van der Waals surface area (Å²) in [5, 5.41) is 11.8. The zero-order valence-electron chi connectivity index (χ0n) is 12.1. The Bertz CT molecular complexity index is 454. The molecule has 0 aliphatic carbocycles. The van der Waals surface area contributed by atoms with Crippen molar-refractivity contribution in [2.75, 3.05) is 7.11 Å². The van der Waals surface area contributed by atoms with Gasteiger partial charge in [-0.25, -0.2) is 0 Å². The number of carboxylic acid groups (broad SMARTS) is 1.